The first kappa shape index (κ1) is 24.7. The van der Waals surface area contributed by atoms with E-state index in [0.29, 0.717) is 31.0 Å². The summed E-state index contributed by atoms with van der Waals surface area (Å²) in [7, 11) is 0. The quantitative estimate of drug-likeness (QED) is 0.661. The first-order valence-corrected chi connectivity index (χ1v) is 13.2. The Morgan fingerprint density at radius 1 is 1.08 bits per heavy atom. The lowest BCUT2D eigenvalue weighted by atomic mass is 9.76. The summed E-state index contributed by atoms with van der Waals surface area (Å²) in [4.78, 5) is 33.8. The number of piperidine rings is 1. The highest BCUT2D eigenvalue weighted by atomic mass is 19.1. The average molecular weight is 495 g/mol. The number of aliphatic hydroxyl groups is 1. The number of aliphatic hydroxyl groups excluding tert-OH is 1. The van der Waals surface area contributed by atoms with Gasteiger partial charge in [0.05, 0.1) is 17.2 Å². The molecule has 3 fully saturated rings. The van der Waals surface area contributed by atoms with Gasteiger partial charge < -0.3 is 20.2 Å². The zero-order valence-corrected chi connectivity index (χ0v) is 20.9. The second kappa shape index (κ2) is 10.2. The fourth-order valence-corrected chi connectivity index (χ4v) is 6.09. The van der Waals surface area contributed by atoms with Crippen molar-refractivity contribution in [3.8, 4) is 11.1 Å². The van der Waals surface area contributed by atoms with Crippen LogP contribution in [0, 0.1) is 11.2 Å². The number of halogens is 1. The van der Waals surface area contributed by atoms with Crippen LogP contribution in [0.5, 0.6) is 0 Å². The second-order valence-corrected chi connectivity index (χ2v) is 10.4. The molecular weight excluding hydrogens is 459 g/mol. The van der Waals surface area contributed by atoms with Gasteiger partial charge in [0.25, 0.3) is 5.91 Å². The van der Waals surface area contributed by atoms with E-state index in [9.17, 15) is 19.1 Å². The number of carbonyl (C=O) groups excluding carboxylic acids is 2. The normalized spacial score (nSPS) is 23.8. The molecule has 2 amide bonds. The van der Waals surface area contributed by atoms with Crippen LogP contribution >= 0.6 is 0 Å². The summed E-state index contributed by atoms with van der Waals surface area (Å²) in [6, 6.07) is 8.81. The molecule has 1 spiro atoms. The largest absolute Gasteiger partial charge is 0.393 e. The molecule has 2 N–H and O–H groups in total. The maximum absolute atomic E-state index is 14.9. The number of nitrogens with one attached hydrogen (secondary N) is 1. The molecule has 36 heavy (non-hydrogen) atoms. The molecule has 0 atom stereocenters. The first-order valence-electron chi connectivity index (χ1n) is 13.2. The molecule has 2 aromatic rings. The van der Waals surface area contributed by atoms with Gasteiger partial charge in [-0.3, -0.25) is 14.6 Å². The summed E-state index contributed by atoms with van der Waals surface area (Å²) in [5.41, 5.74) is 2.21. The lowest BCUT2D eigenvalue weighted by molar-refractivity contribution is -0.139. The van der Waals surface area contributed by atoms with Crippen LogP contribution < -0.4 is 10.2 Å². The van der Waals surface area contributed by atoms with Crippen molar-refractivity contribution in [2.45, 2.75) is 64.0 Å². The van der Waals surface area contributed by atoms with Crippen LogP contribution in [-0.4, -0.2) is 65.1 Å². The summed E-state index contributed by atoms with van der Waals surface area (Å²) >= 11 is 0. The smallest absolute Gasteiger partial charge is 0.269 e. The Kier molecular flexibility index (Phi) is 6.97. The zero-order chi connectivity index (χ0) is 25.3. The van der Waals surface area contributed by atoms with Crippen molar-refractivity contribution in [3.63, 3.8) is 0 Å². The molecule has 1 aromatic carbocycles. The molecular formula is C28H35FN4O3. The Bertz CT molecular complexity index is 1110. The molecule has 5 rings (SSSR count). The maximum atomic E-state index is 14.9. The summed E-state index contributed by atoms with van der Waals surface area (Å²) in [6.45, 7) is 4.46. The van der Waals surface area contributed by atoms with E-state index < -0.39 is 0 Å². The number of rotatable bonds is 5. The van der Waals surface area contributed by atoms with Crippen molar-refractivity contribution >= 4 is 17.5 Å². The second-order valence-electron chi connectivity index (χ2n) is 10.4. The standard InChI is InChI=1S/C28H35FN4O3/c1-2-30-26(35)24-10-4-20(18-31-24)19-3-9-23(29)25(17-19)32-14-11-28(12-15-32)13-16-33(27(28)36)21-5-7-22(34)8-6-21/h3-4,9-10,17-18,21-22,34H,2,5-8,11-16H2,1H3,(H,30,35)/t21-,22+. The van der Waals surface area contributed by atoms with E-state index in [2.05, 4.69) is 15.2 Å². The molecule has 2 aliphatic heterocycles. The number of hydrogen-bond donors (Lipinski definition) is 2. The summed E-state index contributed by atoms with van der Waals surface area (Å²) in [6.07, 6.45) is 7.04. The number of carbonyl (C=O) groups is 2. The lowest BCUT2D eigenvalue weighted by Crippen LogP contribution is -2.47. The number of aromatic nitrogens is 1. The number of nitrogens with zero attached hydrogens (tertiary/aromatic N) is 3. The molecule has 2 saturated heterocycles. The highest BCUT2D eigenvalue weighted by Gasteiger charge is 2.50. The summed E-state index contributed by atoms with van der Waals surface area (Å²) in [5.74, 6) is -0.232. The fourth-order valence-electron chi connectivity index (χ4n) is 6.09. The average Bonchev–Trinajstić information content (AvgIpc) is 3.21. The number of anilines is 1. The van der Waals surface area contributed by atoms with Crippen LogP contribution in [-0.2, 0) is 4.79 Å². The van der Waals surface area contributed by atoms with Crippen LogP contribution in [0.4, 0.5) is 10.1 Å². The molecule has 1 aromatic heterocycles. The van der Waals surface area contributed by atoms with E-state index in [4.69, 9.17) is 0 Å². The van der Waals surface area contributed by atoms with E-state index in [1.807, 2.05) is 24.0 Å². The number of pyridine rings is 1. The lowest BCUT2D eigenvalue weighted by Gasteiger charge is -2.40. The van der Waals surface area contributed by atoms with Crippen molar-refractivity contribution in [2.75, 3.05) is 31.1 Å². The van der Waals surface area contributed by atoms with Gasteiger partial charge in [0.2, 0.25) is 5.91 Å². The molecule has 1 aliphatic carbocycles. The first-order chi connectivity index (χ1) is 17.4. The Balaban J connectivity index is 1.26. The number of hydrogen-bond acceptors (Lipinski definition) is 5. The minimum absolute atomic E-state index is 0.216. The maximum Gasteiger partial charge on any atom is 0.269 e. The third-order valence-corrected chi connectivity index (χ3v) is 8.33. The Hall–Kier alpha value is -3.00. The monoisotopic (exact) mass is 494 g/mol. The van der Waals surface area contributed by atoms with E-state index in [1.54, 1.807) is 18.3 Å². The molecule has 7 nitrogen and oxygen atoms in total. The van der Waals surface area contributed by atoms with Crippen molar-refractivity contribution in [1.29, 1.82) is 0 Å². The number of likely N-dealkylation sites (tertiary alicyclic amines) is 1. The molecule has 0 radical (unpaired) electrons. The summed E-state index contributed by atoms with van der Waals surface area (Å²) < 4.78 is 14.9. The van der Waals surface area contributed by atoms with E-state index >= 15 is 0 Å². The summed E-state index contributed by atoms with van der Waals surface area (Å²) in [5, 5.41) is 12.6. The highest BCUT2D eigenvalue weighted by Crippen LogP contribution is 2.44. The predicted molar refractivity (Wildman–Crippen MR) is 136 cm³/mol. The number of benzene rings is 1. The van der Waals surface area contributed by atoms with Gasteiger partial charge in [-0.1, -0.05) is 12.1 Å². The predicted octanol–water partition coefficient (Wildman–Crippen LogP) is 3.76. The van der Waals surface area contributed by atoms with Gasteiger partial charge in [-0.2, -0.15) is 0 Å². The molecule has 192 valence electrons. The van der Waals surface area contributed by atoms with Gasteiger partial charge in [-0.05, 0) is 75.6 Å². The van der Waals surface area contributed by atoms with Gasteiger partial charge in [-0.15, -0.1) is 0 Å². The molecule has 1 saturated carbocycles. The Labute approximate surface area is 211 Å². The van der Waals surface area contributed by atoms with Crippen LogP contribution in [0.15, 0.2) is 36.5 Å². The Morgan fingerprint density at radius 2 is 1.78 bits per heavy atom. The van der Waals surface area contributed by atoms with Crippen LogP contribution in [0.1, 0.15) is 62.4 Å². The van der Waals surface area contributed by atoms with Gasteiger partial charge in [0.15, 0.2) is 0 Å². The van der Waals surface area contributed by atoms with E-state index in [-0.39, 0.29) is 35.2 Å². The minimum atomic E-state index is -0.334. The molecule has 3 heterocycles. The van der Waals surface area contributed by atoms with Crippen molar-refractivity contribution in [1.82, 2.24) is 15.2 Å². The van der Waals surface area contributed by atoms with Crippen molar-refractivity contribution in [2.24, 2.45) is 5.41 Å². The van der Waals surface area contributed by atoms with Crippen molar-refractivity contribution < 1.29 is 19.1 Å². The van der Waals surface area contributed by atoms with Crippen molar-refractivity contribution in [3.05, 3.63) is 48.0 Å². The molecule has 8 heteroatoms. The van der Waals surface area contributed by atoms with E-state index in [1.165, 1.54) is 6.07 Å². The SMILES string of the molecule is CCNC(=O)c1ccc(-c2ccc(F)c(N3CCC4(CC3)CCN([C@H]3CC[C@@H](O)CC3)C4=O)c2)cn1. The third-order valence-electron chi connectivity index (χ3n) is 8.33. The zero-order valence-electron chi connectivity index (χ0n) is 20.9. The van der Waals surface area contributed by atoms with E-state index in [0.717, 1.165) is 62.6 Å². The van der Waals surface area contributed by atoms with Gasteiger partial charge in [0.1, 0.15) is 11.5 Å². The fraction of sp³-hybridized carbons (Fsp3) is 0.536. The molecule has 0 bridgehead atoms. The Morgan fingerprint density at radius 3 is 2.44 bits per heavy atom. The van der Waals surface area contributed by atoms with Crippen LogP contribution in [0.25, 0.3) is 11.1 Å². The molecule has 3 aliphatic rings. The van der Waals surface area contributed by atoms with Gasteiger partial charge in [-0.25, -0.2) is 4.39 Å². The van der Waals surface area contributed by atoms with Gasteiger partial charge in [0, 0.05) is 44.0 Å². The van der Waals surface area contributed by atoms with Crippen LogP contribution in [0.3, 0.4) is 0 Å². The van der Waals surface area contributed by atoms with Gasteiger partial charge >= 0.3 is 0 Å². The third kappa shape index (κ3) is 4.71. The number of amides is 2. The molecule has 0 unspecified atom stereocenters. The van der Waals surface area contributed by atoms with Crippen LogP contribution in [0.2, 0.25) is 0 Å². The topological polar surface area (TPSA) is 85.8 Å². The highest BCUT2D eigenvalue weighted by molar-refractivity contribution is 5.92. The minimum Gasteiger partial charge on any atom is -0.393 e.